The van der Waals surface area contributed by atoms with Gasteiger partial charge < -0.3 is 5.73 Å². The van der Waals surface area contributed by atoms with Gasteiger partial charge in [0.05, 0.1) is 6.04 Å². The van der Waals surface area contributed by atoms with Crippen molar-refractivity contribution in [2.45, 2.75) is 31.7 Å². The third-order valence-corrected chi connectivity index (χ3v) is 4.10. The van der Waals surface area contributed by atoms with Gasteiger partial charge >= 0.3 is 0 Å². The zero-order valence-corrected chi connectivity index (χ0v) is 10.5. The number of carbonyl (C=O) groups is 1. The molecule has 1 aromatic heterocycles. The summed E-state index contributed by atoms with van der Waals surface area (Å²) in [6.45, 7) is -0.0748. The van der Waals surface area contributed by atoms with E-state index in [0.717, 1.165) is 0 Å². The lowest BCUT2D eigenvalue weighted by Gasteiger charge is -2.22. The molecule has 0 saturated heterocycles. The molecule has 0 radical (unpaired) electrons. The van der Waals surface area contributed by atoms with E-state index in [-0.39, 0.29) is 12.6 Å². The Hall–Kier alpha value is -0.910. The maximum absolute atomic E-state index is 10.6. The molecule has 1 aromatic rings. The third kappa shape index (κ3) is 3.52. The van der Waals surface area contributed by atoms with E-state index in [1.807, 2.05) is 6.07 Å². The van der Waals surface area contributed by atoms with Crippen molar-refractivity contribution in [3.8, 4) is 0 Å². The molecule has 0 aromatic carbocycles. The van der Waals surface area contributed by atoms with Crippen LogP contribution in [0.4, 0.5) is 0 Å². The second kappa shape index (κ2) is 6.14. The van der Waals surface area contributed by atoms with E-state index in [2.05, 4.69) is 16.9 Å². The smallest absolute Gasteiger partial charge is 0.245 e. The van der Waals surface area contributed by atoms with Crippen LogP contribution in [-0.4, -0.2) is 12.5 Å². The van der Waals surface area contributed by atoms with Gasteiger partial charge in [0.25, 0.3) is 0 Å². The molecule has 94 valence electrons. The fourth-order valence-electron chi connectivity index (χ4n) is 2.35. The zero-order chi connectivity index (χ0) is 12.1. The number of carbonyl (C=O) groups excluding carboxylic acids is 1. The first-order chi connectivity index (χ1) is 8.27. The SMILES string of the molecule is NC(=O)CONC(c1cccs1)C1CCCC1. The quantitative estimate of drug-likeness (QED) is 0.763. The van der Waals surface area contributed by atoms with Crippen molar-refractivity contribution in [1.82, 2.24) is 5.48 Å². The highest BCUT2D eigenvalue weighted by Gasteiger charge is 2.27. The van der Waals surface area contributed by atoms with Crippen LogP contribution < -0.4 is 11.2 Å². The van der Waals surface area contributed by atoms with Gasteiger partial charge in [0.15, 0.2) is 0 Å². The van der Waals surface area contributed by atoms with Crippen molar-refractivity contribution in [3.05, 3.63) is 22.4 Å². The van der Waals surface area contributed by atoms with Crippen molar-refractivity contribution in [3.63, 3.8) is 0 Å². The van der Waals surface area contributed by atoms with Crippen molar-refractivity contribution in [2.24, 2.45) is 11.7 Å². The number of primary amides is 1. The molecule has 1 saturated carbocycles. The normalized spacial score (nSPS) is 18.4. The summed E-state index contributed by atoms with van der Waals surface area (Å²) in [5, 5.41) is 2.06. The monoisotopic (exact) mass is 254 g/mol. The van der Waals surface area contributed by atoms with Crippen LogP contribution in [0.5, 0.6) is 0 Å². The Kier molecular flexibility index (Phi) is 4.53. The number of hydrogen-bond donors (Lipinski definition) is 2. The van der Waals surface area contributed by atoms with Crippen LogP contribution in [0.15, 0.2) is 17.5 Å². The Bertz CT molecular complexity index is 347. The lowest BCUT2D eigenvalue weighted by Crippen LogP contribution is -2.30. The van der Waals surface area contributed by atoms with E-state index in [9.17, 15) is 4.79 Å². The molecule has 4 nitrogen and oxygen atoms in total. The molecule has 1 aliphatic carbocycles. The summed E-state index contributed by atoms with van der Waals surface area (Å²) in [5.74, 6) is 0.148. The molecule has 5 heteroatoms. The number of thiophene rings is 1. The van der Waals surface area contributed by atoms with E-state index >= 15 is 0 Å². The number of nitrogens with two attached hydrogens (primary N) is 1. The number of amides is 1. The molecule has 1 heterocycles. The zero-order valence-electron chi connectivity index (χ0n) is 9.72. The topological polar surface area (TPSA) is 64.4 Å². The number of hydrogen-bond acceptors (Lipinski definition) is 4. The third-order valence-electron chi connectivity index (χ3n) is 3.15. The minimum Gasteiger partial charge on any atom is -0.368 e. The number of hydroxylamine groups is 1. The van der Waals surface area contributed by atoms with E-state index in [1.54, 1.807) is 11.3 Å². The summed E-state index contributed by atoms with van der Waals surface area (Å²) in [6.07, 6.45) is 5.00. The fourth-order valence-corrected chi connectivity index (χ4v) is 3.21. The van der Waals surface area contributed by atoms with Gasteiger partial charge in [-0.15, -0.1) is 11.3 Å². The van der Waals surface area contributed by atoms with Crippen LogP contribution in [0.2, 0.25) is 0 Å². The average Bonchev–Trinajstić information content (AvgIpc) is 2.97. The Balaban J connectivity index is 1.95. The number of nitrogens with one attached hydrogen (secondary N) is 1. The van der Waals surface area contributed by atoms with Crippen molar-refractivity contribution in [1.29, 1.82) is 0 Å². The van der Waals surface area contributed by atoms with Crippen LogP contribution in [0, 0.1) is 5.92 Å². The van der Waals surface area contributed by atoms with Gasteiger partial charge in [0, 0.05) is 4.88 Å². The molecule has 1 atom stereocenters. The average molecular weight is 254 g/mol. The molecule has 17 heavy (non-hydrogen) atoms. The lowest BCUT2D eigenvalue weighted by atomic mass is 9.98. The van der Waals surface area contributed by atoms with Gasteiger partial charge in [0.2, 0.25) is 5.91 Å². The second-order valence-corrected chi connectivity index (χ2v) is 5.39. The first-order valence-corrected chi connectivity index (χ1v) is 6.84. The standard InChI is InChI=1S/C12H18N2O2S/c13-11(15)8-16-14-12(9-4-1-2-5-9)10-6-3-7-17-10/h3,6-7,9,12,14H,1-2,4-5,8H2,(H2,13,15). The molecule has 1 fully saturated rings. The maximum Gasteiger partial charge on any atom is 0.245 e. The predicted molar refractivity (Wildman–Crippen MR) is 67.3 cm³/mol. The highest BCUT2D eigenvalue weighted by molar-refractivity contribution is 7.10. The summed E-state index contributed by atoms with van der Waals surface area (Å²) in [6, 6.07) is 4.34. The summed E-state index contributed by atoms with van der Waals surface area (Å²) >= 11 is 1.72. The van der Waals surface area contributed by atoms with Gasteiger partial charge in [-0.25, -0.2) is 0 Å². The Labute approximate surface area is 105 Å². The highest BCUT2D eigenvalue weighted by Crippen LogP contribution is 2.37. The van der Waals surface area contributed by atoms with Gasteiger partial charge in [-0.2, -0.15) is 5.48 Å². The van der Waals surface area contributed by atoms with Crippen LogP contribution in [0.25, 0.3) is 0 Å². The maximum atomic E-state index is 10.6. The van der Waals surface area contributed by atoms with Crippen LogP contribution in [-0.2, 0) is 9.63 Å². The van der Waals surface area contributed by atoms with Crippen LogP contribution in [0.3, 0.4) is 0 Å². The second-order valence-electron chi connectivity index (χ2n) is 4.41. The molecule has 1 aliphatic rings. The van der Waals surface area contributed by atoms with Gasteiger partial charge in [-0.1, -0.05) is 18.9 Å². The van der Waals surface area contributed by atoms with Crippen molar-refractivity contribution < 1.29 is 9.63 Å². The van der Waals surface area contributed by atoms with Crippen LogP contribution >= 0.6 is 11.3 Å². The Morgan fingerprint density at radius 3 is 2.94 bits per heavy atom. The molecule has 3 N–H and O–H groups in total. The lowest BCUT2D eigenvalue weighted by molar-refractivity contribution is -0.126. The highest BCUT2D eigenvalue weighted by atomic mass is 32.1. The molecule has 0 bridgehead atoms. The first-order valence-electron chi connectivity index (χ1n) is 5.96. The Morgan fingerprint density at radius 2 is 2.35 bits per heavy atom. The van der Waals surface area contributed by atoms with Crippen molar-refractivity contribution in [2.75, 3.05) is 6.61 Å². The van der Waals surface area contributed by atoms with Crippen LogP contribution in [0.1, 0.15) is 36.6 Å². The molecule has 1 unspecified atom stereocenters. The first kappa shape index (κ1) is 12.5. The van der Waals surface area contributed by atoms with E-state index in [1.165, 1.54) is 30.6 Å². The molecular formula is C12H18N2O2S. The fraction of sp³-hybridized carbons (Fsp3) is 0.583. The summed E-state index contributed by atoms with van der Waals surface area (Å²) < 4.78 is 0. The van der Waals surface area contributed by atoms with Gasteiger partial charge in [0.1, 0.15) is 6.61 Å². The van der Waals surface area contributed by atoms with E-state index in [0.29, 0.717) is 5.92 Å². The number of rotatable bonds is 6. The van der Waals surface area contributed by atoms with Crippen molar-refractivity contribution >= 4 is 17.2 Å². The van der Waals surface area contributed by atoms with Gasteiger partial charge in [-0.05, 0) is 30.2 Å². The predicted octanol–water partition coefficient (Wildman–Crippen LogP) is 1.99. The largest absolute Gasteiger partial charge is 0.368 e. The summed E-state index contributed by atoms with van der Waals surface area (Å²) in [4.78, 5) is 17.1. The molecule has 1 amide bonds. The molecule has 2 rings (SSSR count). The molecular weight excluding hydrogens is 236 g/mol. The Morgan fingerprint density at radius 1 is 1.59 bits per heavy atom. The summed E-state index contributed by atoms with van der Waals surface area (Å²) in [5.41, 5.74) is 8.05. The minimum absolute atomic E-state index is 0.0748. The molecule has 0 spiro atoms. The summed E-state index contributed by atoms with van der Waals surface area (Å²) in [7, 11) is 0. The molecule has 0 aliphatic heterocycles. The van der Waals surface area contributed by atoms with Gasteiger partial charge in [-0.3, -0.25) is 9.63 Å². The van der Waals surface area contributed by atoms with E-state index < -0.39 is 5.91 Å². The van der Waals surface area contributed by atoms with E-state index in [4.69, 9.17) is 10.6 Å². The minimum atomic E-state index is -0.450.